The lowest BCUT2D eigenvalue weighted by Crippen LogP contribution is -2.42. The molecule has 2 aromatic rings. The summed E-state index contributed by atoms with van der Waals surface area (Å²) in [4.78, 5) is 13.1. The summed E-state index contributed by atoms with van der Waals surface area (Å²) in [5.74, 6) is 1.83. The van der Waals surface area contributed by atoms with Gasteiger partial charge in [-0.1, -0.05) is 0 Å². The first-order valence-electron chi connectivity index (χ1n) is 9.71. The highest BCUT2D eigenvalue weighted by Crippen LogP contribution is 2.28. The van der Waals surface area contributed by atoms with Crippen LogP contribution in [0.4, 0.5) is 11.6 Å². The van der Waals surface area contributed by atoms with E-state index in [1.165, 1.54) is 11.3 Å². The molecule has 27 heavy (non-hydrogen) atoms. The van der Waals surface area contributed by atoms with E-state index >= 15 is 0 Å². The van der Waals surface area contributed by atoms with Crippen LogP contribution in [0.2, 0.25) is 0 Å². The molecule has 4 heterocycles. The number of nitrogens with one attached hydrogen (secondary N) is 1. The Kier molecular flexibility index (Phi) is 5.27. The molecule has 1 unspecified atom stereocenters. The van der Waals surface area contributed by atoms with Crippen LogP contribution in [0.5, 0.6) is 0 Å². The number of ether oxygens (including phenoxy) is 1. The molecular formula is C19H29N7O. The van der Waals surface area contributed by atoms with Crippen molar-refractivity contribution in [1.82, 2.24) is 24.6 Å². The van der Waals surface area contributed by atoms with Gasteiger partial charge in [-0.25, -0.2) is 9.97 Å². The Hall–Kier alpha value is -2.19. The predicted octanol–water partition coefficient (Wildman–Crippen LogP) is 1.47. The Morgan fingerprint density at radius 1 is 1.26 bits per heavy atom. The van der Waals surface area contributed by atoms with Gasteiger partial charge in [-0.2, -0.15) is 5.10 Å². The fourth-order valence-electron chi connectivity index (χ4n) is 3.97. The van der Waals surface area contributed by atoms with E-state index in [0.29, 0.717) is 6.04 Å². The molecule has 0 spiro atoms. The van der Waals surface area contributed by atoms with Gasteiger partial charge >= 0.3 is 0 Å². The highest BCUT2D eigenvalue weighted by molar-refractivity contribution is 5.47. The number of hydrogen-bond donors (Lipinski definition) is 1. The standard InChI is InChI=1S/C19H29N7O/c1-24(2)19-10-18(20-13-21-19)23-14-4-7-26(8-5-14)12-17-15-11-22-25(3)16(15)6-9-27-17/h10-11,13-14,17H,4-9,12H2,1-3H3,(H,20,21,23). The number of aryl methyl sites for hydroxylation is 1. The number of piperidine rings is 1. The maximum Gasteiger partial charge on any atom is 0.133 e. The quantitative estimate of drug-likeness (QED) is 0.853. The molecular weight excluding hydrogens is 342 g/mol. The summed E-state index contributed by atoms with van der Waals surface area (Å²) in [5.41, 5.74) is 2.59. The number of anilines is 2. The Morgan fingerprint density at radius 3 is 2.85 bits per heavy atom. The van der Waals surface area contributed by atoms with Gasteiger partial charge in [0.25, 0.3) is 0 Å². The van der Waals surface area contributed by atoms with Crippen LogP contribution in [0, 0.1) is 0 Å². The number of nitrogens with zero attached hydrogens (tertiary/aromatic N) is 6. The van der Waals surface area contributed by atoms with Crippen LogP contribution < -0.4 is 10.2 Å². The third kappa shape index (κ3) is 4.06. The summed E-state index contributed by atoms with van der Waals surface area (Å²) in [7, 11) is 6.00. The van der Waals surface area contributed by atoms with Gasteiger partial charge in [0, 0.05) is 70.6 Å². The number of fused-ring (bicyclic) bond motifs is 1. The van der Waals surface area contributed by atoms with E-state index in [-0.39, 0.29) is 6.10 Å². The highest BCUT2D eigenvalue weighted by Gasteiger charge is 2.28. The zero-order chi connectivity index (χ0) is 18.8. The normalized spacial score (nSPS) is 21.1. The Morgan fingerprint density at radius 2 is 2.07 bits per heavy atom. The van der Waals surface area contributed by atoms with Gasteiger partial charge in [0.15, 0.2) is 0 Å². The molecule has 2 aliphatic rings. The fourth-order valence-corrected chi connectivity index (χ4v) is 3.97. The zero-order valence-corrected chi connectivity index (χ0v) is 16.4. The Balaban J connectivity index is 1.30. The van der Waals surface area contributed by atoms with Gasteiger partial charge < -0.3 is 19.9 Å². The van der Waals surface area contributed by atoms with Crippen LogP contribution in [-0.2, 0) is 18.2 Å². The second-order valence-corrected chi connectivity index (χ2v) is 7.65. The maximum atomic E-state index is 6.05. The van der Waals surface area contributed by atoms with Crippen molar-refractivity contribution in [3.8, 4) is 0 Å². The average Bonchev–Trinajstić information content (AvgIpc) is 3.06. The first-order chi connectivity index (χ1) is 13.1. The van der Waals surface area contributed by atoms with Crippen molar-refractivity contribution in [3.05, 3.63) is 29.8 Å². The van der Waals surface area contributed by atoms with Gasteiger partial charge in [-0.15, -0.1) is 0 Å². The Labute approximate surface area is 160 Å². The number of rotatable bonds is 5. The first-order valence-corrected chi connectivity index (χ1v) is 9.71. The molecule has 146 valence electrons. The van der Waals surface area contributed by atoms with Crippen LogP contribution in [-0.4, -0.2) is 71.0 Å². The van der Waals surface area contributed by atoms with Gasteiger partial charge in [0.05, 0.1) is 18.9 Å². The van der Waals surface area contributed by atoms with E-state index in [2.05, 4.69) is 25.3 Å². The second kappa shape index (κ2) is 7.82. The van der Waals surface area contributed by atoms with Crippen molar-refractivity contribution >= 4 is 11.6 Å². The molecule has 0 aromatic carbocycles. The van der Waals surface area contributed by atoms with E-state index in [0.717, 1.165) is 57.1 Å². The largest absolute Gasteiger partial charge is 0.372 e. The summed E-state index contributed by atoms with van der Waals surface area (Å²) < 4.78 is 8.04. The summed E-state index contributed by atoms with van der Waals surface area (Å²) in [5, 5.41) is 7.98. The molecule has 0 bridgehead atoms. The van der Waals surface area contributed by atoms with Gasteiger partial charge in [-0.3, -0.25) is 4.68 Å². The molecule has 1 N–H and O–H groups in total. The minimum absolute atomic E-state index is 0.150. The molecule has 4 rings (SSSR count). The summed E-state index contributed by atoms with van der Waals surface area (Å²) in [6, 6.07) is 2.46. The van der Waals surface area contributed by atoms with Gasteiger partial charge in [-0.05, 0) is 12.8 Å². The molecule has 0 radical (unpaired) electrons. The second-order valence-electron chi connectivity index (χ2n) is 7.65. The molecule has 0 aliphatic carbocycles. The number of aromatic nitrogens is 4. The minimum atomic E-state index is 0.150. The summed E-state index contributed by atoms with van der Waals surface area (Å²) in [6.07, 6.45) is 6.92. The average molecular weight is 371 g/mol. The topological polar surface area (TPSA) is 71.3 Å². The molecule has 2 aliphatic heterocycles. The van der Waals surface area contributed by atoms with E-state index in [1.807, 2.05) is 43.0 Å². The van der Waals surface area contributed by atoms with E-state index in [4.69, 9.17) is 4.74 Å². The third-order valence-electron chi connectivity index (χ3n) is 5.57. The van der Waals surface area contributed by atoms with Crippen LogP contribution >= 0.6 is 0 Å². The lowest BCUT2D eigenvalue weighted by Gasteiger charge is -2.35. The van der Waals surface area contributed by atoms with Crippen molar-refractivity contribution in [1.29, 1.82) is 0 Å². The van der Waals surface area contributed by atoms with Crippen LogP contribution in [0.15, 0.2) is 18.6 Å². The predicted molar refractivity (Wildman–Crippen MR) is 105 cm³/mol. The van der Waals surface area contributed by atoms with Crippen molar-refractivity contribution in [2.24, 2.45) is 7.05 Å². The molecule has 0 saturated carbocycles. The van der Waals surface area contributed by atoms with Crippen LogP contribution in [0.1, 0.15) is 30.2 Å². The minimum Gasteiger partial charge on any atom is -0.372 e. The Bertz CT molecular complexity index is 767. The van der Waals surface area contributed by atoms with Crippen molar-refractivity contribution in [2.45, 2.75) is 31.4 Å². The van der Waals surface area contributed by atoms with Crippen molar-refractivity contribution < 1.29 is 4.74 Å². The zero-order valence-electron chi connectivity index (χ0n) is 16.4. The summed E-state index contributed by atoms with van der Waals surface area (Å²) in [6.45, 7) is 3.87. The summed E-state index contributed by atoms with van der Waals surface area (Å²) >= 11 is 0. The first kappa shape index (κ1) is 18.2. The smallest absolute Gasteiger partial charge is 0.133 e. The van der Waals surface area contributed by atoms with Gasteiger partial charge in [0.1, 0.15) is 18.0 Å². The fraction of sp³-hybridized carbons (Fsp3) is 0.632. The molecule has 8 heteroatoms. The molecule has 1 atom stereocenters. The van der Waals surface area contributed by atoms with Crippen LogP contribution in [0.3, 0.4) is 0 Å². The van der Waals surface area contributed by atoms with E-state index in [9.17, 15) is 0 Å². The van der Waals surface area contributed by atoms with Crippen LogP contribution in [0.25, 0.3) is 0 Å². The van der Waals surface area contributed by atoms with Gasteiger partial charge in [0.2, 0.25) is 0 Å². The molecule has 1 saturated heterocycles. The maximum absolute atomic E-state index is 6.05. The molecule has 2 aromatic heterocycles. The molecule has 0 amide bonds. The lowest BCUT2D eigenvalue weighted by atomic mass is 10.0. The number of hydrogen-bond acceptors (Lipinski definition) is 7. The lowest BCUT2D eigenvalue weighted by molar-refractivity contribution is 0.0106. The SMILES string of the molecule is CN(C)c1cc(NC2CCN(CC3OCCc4c3cnn4C)CC2)ncn1. The molecule has 1 fully saturated rings. The van der Waals surface area contributed by atoms with E-state index < -0.39 is 0 Å². The van der Waals surface area contributed by atoms with Crippen molar-refractivity contribution in [2.75, 3.05) is 50.6 Å². The van der Waals surface area contributed by atoms with E-state index in [1.54, 1.807) is 6.33 Å². The number of likely N-dealkylation sites (tertiary alicyclic amines) is 1. The molecule has 8 nitrogen and oxygen atoms in total. The van der Waals surface area contributed by atoms with Crippen molar-refractivity contribution in [3.63, 3.8) is 0 Å². The third-order valence-corrected chi connectivity index (χ3v) is 5.57. The highest BCUT2D eigenvalue weighted by atomic mass is 16.5. The monoisotopic (exact) mass is 371 g/mol.